The molecule has 1 saturated carbocycles. The summed E-state index contributed by atoms with van der Waals surface area (Å²) in [4.78, 5) is 24.4. The molecule has 0 amide bonds. The Labute approximate surface area is 134 Å². The van der Waals surface area contributed by atoms with E-state index in [1.54, 1.807) is 6.92 Å². The maximum atomic E-state index is 12.4. The number of carbonyl (C=O) groups excluding carboxylic acids is 2. The van der Waals surface area contributed by atoms with Gasteiger partial charge in [-0.25, -0.2) is 0 Å². The predicted molar refractivity (Wildman–Crippen MR) is 86.3 cm³/mol. The fourth-order valence-electron chi connectivity index (χ4n) is 3.15. The van der Waals surface area contributed by atoms with Crippen molar-refractivity contribution in [3.05, 3.63) is 0 Å². The van der Waals surface area contributed by atoms with Crippen molar-refractivity contribution in [3.63, 3.8) is 0 Å². The Morgan fingerprint density at radius 3 is 2.09 bits per heavy atom. The molecule has 3 unspecified atom stereocenters. The van der Waals surface area contributed by atoms with Gasteiger partial charge in [-0.3, -0.25) is 9.59 Å². The summed E-state index contributed by atoms with van der Waals surface area (Å²) in [5.74, 6) is -0.614. The Morgan fingerprint density at radius 2 is 1.59 bits per heavy atom. The SMILES string of the molecule is CCCCC(CC)COC(=O)C1CCCCC1C(=O)OCC. The van der Waals surface area contributed by atoms with Gasteiger partial charge in [0.2, 0.25) is 0 Å². The summed E-state index contributed by atoms with van der Waals surface area (Å²) in [6.45, 7) is 6.96. The summed E-state index contributed by atoms with van der Waals surface area (Å²) < 4.78 is 10.7. The van der Waals surface area contributed by atoms with Gasteiger partial charge >= 0.3 is 11.9 Å². The molecule has 0 spiro atoms. The largest absolute Gasteiger partial charge is 0.466 e. The third kappa shape index (κ3) is 5.98. The van der Waals surface area contributed by atoms with Crippen molar-refractivity contribution in [1.82, 2.24) is 0 Å². The standard InChI is InChI=1S/C18H32O4/c1-4-7-10-14(5-2)13-22-18(20)16-12-9-8-11-15(16)17(19)21-6-3/h14-16H,4-13H2,1-3H3. The van der Waals surface area contributed by atoms with Crippen LogP contribution < -0.4 is 0 Å². The van der Waals surface area contributed by atoms with Crippen LogP contribution in [0.1, 0.15) is 72.1 Å². The number of hydrogen-bond donors (Lipinski definition) is 0. The number of unbranched alkanes of at least 4 members (excludes halogenated alkanes) is 1. The average Bonchev–Trinajstić information content (AvgIpc) is 2.55. The number of esters is 2. The Balaban J connectivity index is 2.51. The lowest BCUT2D eigenvalue weighted by atomic mass is 9.79. The molecule has 1 aliphatic carbocycles. The smallest absolute Gasteiger partial charge is 0.309 e. The zero-order valence-electron chi connectivity index (χ0n) is 14.4. The molecule has 0 N–H and O–H groups in total. The van der Waals surface area contributed by atoms with Crippen molar-refractivity contribution in [1.29, 1.82) is 0 Å². The lowest BCUT2D eigenvalue weighted by molar-refractivity contribution is -0.163. The molecule has 1 aliphatic rings. The van der Waals surface area contributed by atoms with E-state index < -0.39 is 0 Å². The number of hydrogen-bond acceptors (Lipinski definition) is 4. The van der Waals surface area contributed by atoms with Gasteiger partial charge in [0.1, 0.15) is 0 Å². The highest BCUT2D eigenvalue weighted by atomic mass is 16.5. The third-order valence-electron chi connectivity index (χ3n) is 4.66. The van der Waals surface area contributed by atoms with Gasteiger partial charge in [0, 0.05) is 0 Å². The van der Waals surface area contributed by atoms with E-state index in [4.69, 9.17) is 9.47 Å². The van der Waals surface area contributed by atoms with Crippen molar-refractivity contribution >= 4 is 11.9 Å². The number of carbonyl (C=O) groups is 2. The quantitative estimate of drug-likeness (QED) is 0.601. The van der Waals surface area contributed by atoms with Gasteiger partial charge in [-0.1, -0.05) is 46.0 Å². The van der Waals surface area contributed by atoms with Gasteiger partial charge < -0.3 is 9.47 Å². The Morgan fingerprint density at radius 1 is 1.00 bits per heavy atom. The molecule has 4 nitrogen and oxygen atoms in total. The molecule has 0 aromatic rings. The minimum Gasteiger partial charge on any atom is -0.466 e. The summed E-state index contributed by atoms with van der Waals surface area (Å²) in [5, 5.41) is 0. The third-order valence-corrected chi connectivity index (χ3v) is 4.66. The van der Waals surface area contributed by atoms with E-state index in [2.05, 4.69) is 13.8 Å². The summed E-state index contributed by atoms with van der Waals surface area (Å²) >= 11 is 0. The fraction of sp³-hybridized carbons (Fsp3) is 0.889. The van der Waals surface area contributed by atoms with Crippen molar-refractivity contribution < 1.29 is 19.1 Å². The van der Waals surface area contributed by atoms with Gasteiger partial charge in [0.15, 0.2) is 0 Å². The minimum atomic E-state index is -0.309. The second-order valence-corrected chi connectivity index (χ2v) is 6.30. The van der Waals surface area contributed by atoms with Gasteiger partial charge in [-0.2, -0.15) is 0 Å². The molecule has 4 heteroatoms. The first-order valence-corrected chi connectivity index (χ1v) is 8.97. The molecule has 0 saturated heterocycles. The highest BCUT2D eigenvalue weighted by Gasteiger charge is 2.37. The number of rotatable bonds is 9. The highest BCUT2D eigenvalue weighted by Crippen LogP contribution is 2.32. The molecule has 0 aromatic heterocycles. The van der Waals surface area contributed by atoms with E-state index in [0.29, 0.717) is 19.1 Å². The summed E-state index contributed by atoms with van der Waals surface area (Å²) in [5.41, 5.74) is 0. The van der Waals surface area contributed by atoms with E-state index in [9.17, 15) is 9.59 Å². The van der Waals surface area contributed by atoms with E-state index in [0.717, 1.165) is 44.9 Å². The lowest BCUT2D eigenvalue weighted by Crippen LogP contribution is -2.35. The maximum Gasteiger partial charge on any atom is 0.309 e. The monoisotopic (exact) mass is 312 g/mol. The van der Waals surface area contributed by atoms with Crippen LogP contribution in [0.15, 0.2) is 0 Å². The van der Waals surface area contributed by atoms with Crippen LogP contribution in [0.4, 0.5) is 0 Å². The van der Waals surface area contributed by atoms with Crippen LogP contribution in [-0.2, 0) is 19.1 Å². The normalized spacial score (nSPS) is 22.9. The van der Waals surface area contributed by atoms with Crippen LogP contribution in [0.3, 0.4) is 0 Å². The van der Waals surface area contributed by atoms with Gasteiger partial charge in [-0.15, -0.1) is 0 Å². The highest BCUT2D eigenvalue weighted by molar-refractivity contribution is 5.82. The van der Waals surface area contributed by atoms with Crippen molar-refractivity contribution in [2.75, 3.05) is 13.2 Å². The lowest BCUT2D eigenvalue weighted by Gasteiger charge is -2.28. The predicted octanol–water partition coefficient (Wildman–Crippen LogP) is 4.12. The number of ether oxygens (including phenoxy) is 2. The first-order chi connectivity index (χ1) is 10.6. The fourth-order valence-corrected chi connectivity index (χ4v) is 3.15. The van der Waals surface area contributed by atoms with Crippen LogP contribution in [0, 0.1) is 17.8 Å². The molecule has 1 fully saturated rings. The summed E-state index contributed by atoms with van der Waals surface area (Å²) in [6, 6.07) is 0. The molecule has 22 heavy (non-hydrogen) atoms. The second-order valence-electron chi connectivity index (χ2n) is 6.30. The molecule has 0 aliphatic heterocycles. The van der Waals surface area contributed by atoms with Crippen LogP contribution in [0.25, 0.3) is 0 Å². The van der Waals surface area contributed by atoms with Crippen molar-refractivity contribution in [2.45, 2.75) is 72.1 Å². The molecule has 0 aromatic carbocycles. The first-order valence-electron chi connectivity index (χ1n) is 8.97. The van der Waals surface area contributed by atoms with Gasteiger partial charge in [0.25, 0.3) is 0 Å². The van der Waals surface area contributed by atoms with Crippen LogP contribution in [0.5, 0.6) is 0 Å². The van der Waals surface area contributed by atoms with Crippen LogP contribution in [0.2, 0.25) is 0 Å². The van der Waals surface area contributed by atoms with Crippen LogP contribution in [-0.4, -0.2) is 25.2 Å². The van der Waals surface area contributed by atoms with Gasteiger partial charge in [0.05, 0.1) is 25.0 Å². The Hall–Kier alpha value is -1.06. The van der Waals surface area contributed by atoms with Crippen molar-refractivity contribution in [2.24, 2.45) is 17.8 Å². The minimum absolute atomic E-state index is 0.201. The Kier molecular flexibility index (Phi) is 9.17. The van der Waals surface area contributed by atoms with E-state index in [-0.39, 0.29) is 23.8 Å². The van der Waals surface area contributed by atoms with E-state index in [1.807, 2.05) is 0 Å². The maximum absolute atomic E-state index is 12.4. The molecule has 0 radical (unpaired) electrons. The Bertz CT molecular complexity index is 340. The van der Waals surface area contributed by atoms with Crippen LogP contribution >= 0.6 is 0 Å². The molecular weight excluding hydrogens is 280 g/mol. The molecule has 3 atom stereocenters. The molecule has 0 bridgehead atoms. The van der Waals surface area contributed by atoms with E-state index in [1.165, 1.54) is 6.42 Å². The van der Waals surface area contributed by atoms with E-state index >= 15 is 0 Å². The topological polar surface area (TPSA) is 52.6 Å². The molecular formula is C18H32O4. The molecule has 0 heterocycles. The van der Waals surface area contributed by atoms with Gasteiger partial charge in [-0.05, 0) is 32.1 Å². The average molecular weight is 312 g/mol. The summed E-state index contributed by atoms with van der Waals surface area (Å²) in [6.07, 6.45) is 7.93. The first kappa shape index (κ1) is 19.0. The summed E-state index contributed by atoms with van der Waals surface area (Å²) in [7, 11) is 0. The zero-order chi connectivity index (χ0) is 16.4. The zero-order valence-corrected chi connectivity index (χ0v) is 14.4. The second kappa shape index (κ2) is 10.6. The molecule has 128 valence electrons. The molecule has 1 rings (SSSR count). The van der Waals surface area contributed by atoms with Crippen molar-refractivity contribution in [3.8, 4) is 0 Å².